The Hall–Kier alpha value is -2.13. The lowest BCUT2D eigenvalue weighted by molar-refractivity contribution is 0.0977. The van der Waals surface area contributed by atoms with E-state index in [0.717, 1.165) is 0 Å². The van der Waals surface area contributed by atoms with Gasteiger partial charge in [0.05, 0.1) is 15.1 Å². The number of pyridine rings is 1. The number of halogens is 3. The molecule has 1 amide bonds. The van der Waals surface area contributed by atoms with Gasteiger partial charge in [0.25, 0.3) is 15.9 Å². The molecule has 0 saturated heterocycles. The van der Waals surface area contributed by atoms with Crippen LogP contribution in [0.15, 0.2) is 47.6 Å². The van der Waals surface area contributed by atoms with E-state index in [1.54, 1.807) is 19.2 Å². The number of nitrogens with one attached hydrogen (secondary N) is 1. The summed E-state index contributed by atoms with van der Waals surface area (Å²) in [6.45, 7) is 0. The number of imidazole rings is 1. The fraction of sp³-hybridized carbons (Fsp3) is 0.0625. The van der Waals surface area contributed by atoms with Gasteiger partial charge in [0.1, 0.15) is 16.3 Å². The third kappa shape index (κ3) is 3.93. The summed E-state index contributed by atoms with van der Waals surface area (Å²) in [6, 6.07) is 7.49. The molecule has 0 aliphatic carbocycles. The maximum atomic E-state index is 12.5. The summed E-state index contributed by atoms with van der Waals surface area (Å²) >= 11 is 17.9. The van der Waals surface area contributed by atoms with Gasteiger partial charge in [-0.05, 0) is 24.3 Å². The summed E-state index contributed by atoms with van der Waals surface area (Å²) < 4.78 is 28.4. The lowest BCUT2D eigenvalue weighted by atomic mass is 10.3. The standard InChI is InChI=1S/C16H11Cl3N4O3S/c1-23-8-12(21-15(23)13-9(17)6-3-7-20-13)16(24)22-27(25,26)14-10(18)4-2-5-11(14)19/h2-8H,1H3,(H,22,24). The quantitative estimate of drug-likeness (QED) is 0.662. The molecule has 0 bridgehead atoms. The zero-order chi connectivity index (χ0) is 19.8. The van der Waals surface area contributed by atoms with E-state index in [9.17, 15) is 13.2 Å². The van der Waals surface area contributed by atoms with Crippen LogP contribution in [0.25, 0.3) is 11.5 Å². The Bertz CT molecular complexity index is 1130. The maximum Gasteiger partial charge on any atom is 0.285 e. The van der Waals surface area contributed by atoms with Gasteiger partial charge in [-0.2, -0.15) is 0 Å². The van der Waals surface area contributed by atoms with Crippen molar-refractivity contribution in [3.63, 3.8) is 0 Å². The van der Waals surface area contributed by atoms with Gasteiger partial charge in [0.2, 0.25) is 0 Å². The van der Waals surface area contributed by atoms with Gasteiger partial charge in [0, 0.05) is 19.4 Å². The third-order valence-corrected chi connectivity index (χ3v) is 6.08. The number of benzene rings is 1. The second kappa shape index (κ2) is 7.47. The predicted molar refractivity (Wildman–Crippen MR) is 103 cm³/mol. The van der Waals surface area contributed by atoms with Gasteiger partial charge in [-0.3, -0.25) is 9.78 Å². The first-order valence-corrected chi connectivity index (χ1v) is 9.98. The van der Waals surface area contributed by atoms with Crippen LogP contribution in [0.3, 0.4) is 0 Å². The van der Waals surface area contributed by atoms with Crippen LogP contribution >= 0.6 is 34.8 Å². The topological polar surface area (TPSA) is 94.0 Å². The van der Waals surface area contributed by atoms with Crippen LogP contribution in [-0.2, 0) is 17.1 Å². The predicted octanol–water partition coefficient (Wildman–Crippen LogP) is 3.56. The summed E-state index contributed by atoms with van der Waals surface area (Å²) in [4.78, 5) is 20.3. The fourth-order valence-electron chi connectivity index (χ4n) is 2.31. The Balaban J connectivity index is 1.94. The molecule has 0 aliphatic rings. The number of amides is 1. The van der Waals surface area contributed by atoms with Crippen molar-refractivity contribution in [2.45, 2.75) is 4.90 Å². The molecule has 27 heavy (non-hydrogen) atoms. The lowest BCUT2D eigenvalue weighted by Crippen LogP contribution is -2.31. The molecule has 0 atom stereocenters. The zero-order valence-electron chi connectivity index (χ0n) is 13.6. The van der Waals surface area contributed by atoms with Crippen LogP contribution in [0, 0.1) is 0 Å². The summed E-state index contributed by atoms with van der Waals surface area (Å²) in [5, 5.41) is 0.128. The number of carbonyl (C=O) groups excluding carboxylic acids is 1. The molecule has 0 saturated carbocycles. The molecule has 0 unspecified atom stereocenters. The van der Waals surface area contributed by atoms with Crippen molar-refractivity contribution in [2.75, 3.05) is 0 Å². The molecule has 7 nitrogen and oxygen atoms in total. The number of nitrogens with zero attached hydrogens (tertiary/aromatic N) is 3. The minimum atomic E-state index is -4.30. The molecule has 3 rings (SSSR count). The van der Waals surface area contributed by atoms with Crippen LogP contribution in [0.4, 0.5) is 0 Å². The first-order valence-electron chi connectivity index (χ1n) is 7.36. The average molecular weight is 446 g/mol. The minimum Gasteiger partial charge on any atom is -0.332 e. The summed E-state index contributed by atoms with van der Waals surface area (Å²) in [5.74, 6) is -0.640. The van der Waals surface area contributed by atoms with Gasteiger partial charge < -0.3 is 4.57 Å². The molecular formula is C16H11Cl3N4O3S. The average Bonchev–Trinajstić information content (AvgIpc) is 2.96. The number of hydrogen-bond acceptors (Lipinski definition) is 5. The van der Waals surface area contributed by atoms with Gasteiger partial charge in [-0.15, -0.1) is 0 Å². The van der Waals surface area contributed by atoms with Crippen molar-refractivity contribution in [1.29, 1.82) is 0 Å². The molecular weight excluding hydrogens is 435 g/mol. The van der Waals surface area contributed by atoms with E-state index in [-0.39, 0.29) is 20.6 Å². The molecule has 0 aliphatic heterocycles. The van der Waals surface area contributed by atoms with E-state index in [1.807, 2.05) is 4.72 Å². The second-order valence-electron chi connectivity index (χ2n) is 5.38. The van der Waals surface area contributed by atoms with Crippen LogP contribution in [-0.4, -0.2) is 28.9 Å². The van der Waals surface area contributed by atoms with E-state index in [4.69, 9.17) is 34.8 Å². The molecule has 1 N–H and O–H groups in total. The smallest absolute Gasteiger partial charge is 0.285 e. The van der Waals surface area contributed by atoms with E-state index < -0.39 is 15.9 Å². The van der Waals surface area contributed by atoms with Crippen molar-refractivity contribution >= 4 is 50.7 Å². The monoisotopic (exact) mass is 444 g/mol. The zero-order valence-corrected chi connectivity index (χ0v) is 16.7. The molecule has 140 valence electrons. The highest BCUT2D eigenvalue weighted by Crippen LogP contribution is 2.29. The molecule has 2 aromatic heterocycles. The first kappa shape index (κ1) is 19.6. The van der Waals surface area contributed by atoms with Crippen LogP contribution in [0.1, 0.15) is 10.5 Å². The van der Waals surface area contributed by atoms with Gasteiger partial charge in [-0.25, -0.2) is 18.1 Å². The molecule has 1 aromatic carbocycles. The molecule has 11 heteroatoms. The third-order valence-electron chi connectivity index (χ3n) is 3.49. The van der Waals surface area contributed by atoms with Gasteiger partial charge >= 0.3 is 0 Å². The Morgan fingerprint density at radius 1 is 1.07 bits per heavy atom. The van der Waals surface area contributed by atoms with E-state index in [1.165, 1.54) is 35.2 Å². The van der Waals surface area contributed by atoms with Crippen molar-refractivity contribution in [3.05, 3.63) is 63.5 Å². The highest BCUT2D eigenvalue weighted by atomic mass is 35.5. The number of hydrogen-bond donors (Lipinski definition) is 1. The Morgan fingerprint density at radius 2 is 1.70 bits per heavy atom. The molecule has 0 radical (unpaired) electrons. The van der Waals surface area contributed by atoms with Gasteiger partial charge in [-0.1, -0.05) is 40.9 Å². The van der Waals surface area contributed by atoms with E-state index >= 15 is 0 Å². The van der Waals surface area contributed by atoms with Gasteiger partial charge in [0.15, 0.2) is 5.82 Å². The number of aromatic nitrogens is 3. The van der Waals surface area contributed by atoms with E-state index in [2.05, 4.69) is 9.97 Å². The maximum absolute atomic E-state index is 12.5. The van der Waals surface area contributed by atoms with Crippen LogP contribution in [0.2, 0.25) is 15.1 Å². The SMILES string of the molecule is Cn1cc(C(=O)NS(=O)(=O)c2c(Cl)cccc2Cl)nc1-c1ncccc1Cl. The summed E-state index contributed by atoms with van der Waals surface area (Å²) in [5.41, 5.74) is 0.221. The van der Waals surface area contributed by atoms with Crippen molar-refractivity contribution in [2.24, 2.45) is 7.05 Å². The van der Waals surface area contributed by atoms with Crippen molar-refractivity contribution in [3.8, 4) is 11.5 Å². The number of carbonyl (C=O) groups is 1. The van der Waals surface area contributed by atoms with E-state index in [0.29, 0.717) is 16.5 Å². The van der Waals surface area contributed by atoms with Crippen molar-refractivity contribution < 1.29 is 13.2 Å². The van der Waals surface area contributed by atoms with Crippen molar-refractivity contribution in [1.82, 2.24) is 19.3 Å². The number of aryl methyl sites for hydroxylation is 1. The molecule has 0 spiro atoms. The number of sulfonamides is 1. The first-order chi connectivity index (χ1) is 12.7. The summed E-state index contributed by atoms with van der Waals surface area (Å²) in [7, 11) is -2.67. The molecule has 3 aromatic rings. The Kier molecular flexibility index (Phi) is 5.43. The minimum absolute atomic E-state index is 0.107. The van der Waals surface area contributed by atoms with Crippen LogP contribution in [0.5, 0.6) is 0 Å². The Morgan fingerprint density at radius 3 is 2.33 bits per heavy atom. The largest absolute Gasteiger partial charge is 0.332 e. The fourth-order valence-corrected chi connectivity index (χ4v) is 4.62. The molecule has 0 fully saturated rings. The normalized spacial score (nSPS) is 11.4. The van der Waals surface area contributed by atoms with Crippen LogP contribution < -0.4 is 4.72 Å². The highest BCUT2D eigenvalue weighted by molar-refractivity contribution is 7.90. The highest BCUT2D eigenvalue weighted by Gasteiger charge is 2.26. The summed E-state index contributed by atoms with van der Waals surface area (Å²) in [6.07, 6.45) is 2.89. The lowest BCUT2D eigenvalue weighted by Gasteiger charge is -2.08. The second-order valence-corrected chi connectivity index (χ2v) is 8.22. The molecule has 2 heterocycles. The number of rotatable bonds is 4. The Labute approximate surface area is 170 Å².